The summed E-state index contributed by atoms with van der Waals surface area (Å²) in [5.74, 6) is 0.828. The zero-order chi connectivity index (χ0) is 13.9. The lowest BCUT2D eigenvalue weighted by Gasteiger charge is -2.41. The topological polar surface area (TPSA) is 55.5 Å². The Balaban J connectivity index is 2.20. The second-order valence-electron chi connectivity index (χ2n) is 5.47. The number of ether oxygens (including phenoxy) is 1. The van der Waals surface area contributed by atoms with E-state index in [0.717, 1.165) is 42.3 Å². The standard InChI is InChI=1S/C15H22BrNO2/c1-19-13-6-5-11(8-12(13)16)9-15(10-17)7-3-2-4-14(15)18/h5-6,8,14,18H,2-4,7,9-10,17H2,1H3. The van der Waals surface area contributed by atoms with Crippen molar-refractivity contribution in [2.45, 2.75) is 38.2 Å². The number of halogens is 1. The van der Waals surface area contributed by atoms with Gasteiger partial charge < -0.3 is 15.6 Å². The normalized spacial score (nSPS) is 27.3. The molecule has 0 radical (unpaired) electrons. The molecule has 2 unspecified atom stereocenters. The maximum absolute atomic E-state index is 10.3. The smallest absolute Gasteiger partial charge is 0.133 e. The first-order valence-electron chi connectivity index (χ1n) is 6.82. The van der Waals surface area contributed by atoms with Crippen molar-refractivity contribution in [3.8, 4) is 5.75 Å². The van der Waals surface area contributed by atoms with Crippen molar-refractivity contribution in [1.82, 2.24) is 0 Å². The molecule has 1 aromatic carbocycles. The second kappa shape index (κ2) is 6.25. The van der Waals surface area contributed by atoms with E-state index in [-0.39, 0.29) is 11.5 Å². The predicted molar refractivity (Wildman–Crippen MR) is 80.4 cm³/mol. The summed E-state index contributed by atoms with van der Waals surface area (Å²) in [5, 5.41) is 10.3. The Kier molecular flexibility index (Phi) is 4.87. The third-order valence-electron chi connectivity index (χ3n) is 4.29. The van der Waals surface area contributed by atoms with Gasteiger partial charge in [-0.15, -0.1) is 0 Å². The fourth-order valence-electron chi connectivity index (χ4n) is 3.03. The Hall–Kier alpha value is -0.580. The van der Waals surface area contributed by atoms with Crippen molar-refractivity contribution in [3.05, 3.63) is 28.2 Å². The van der Waals surface area contributed by atoms with Gasteiger partial charge in [-0.05, 0) is 52.9 Å². The molecule has 0 aliphatic heterocycles. The maximum Gasteiger partial charge on any atom is 0.133 e. The fraction of sp³-hybridized carbons (Fsp3) is 0.600. The molecule has 0 saturated heterocycles. The zero-order valence-corrected chi connectivity index (χ0v) is 12.9. The molecule has 1 fully saturated rings. The highest BCUT2D eigenvalue weighted by atomic mass is 79.9. The summed E-state index contributed by atoms with van der Waals surface area (Å²) in [6.45, 7) is 0.539. The summed E-state index contributed by atoms with van der Waals surface area (Å²) in [6.07, 6.45) is 4.68. The minimum absolute atomic E-state index is 0.160. The first-order valence-corrected chi connectivity index (χ1v) is 7.61. The van der Waals surface area contributed by atoms with Crippen molar-refractivity contribution in [2.75, 3.05) is 13.7 Å². The summed E-state index contributed by atoms with van der Waals surface area (Å²) < 4.78 is 6.19. The second-order valence-corrected chi connectivity index (χ2v) is 6.33. The molecule has 0 bridgehead atoms. The zero-order valence-electron chi connectivity index (χ0n) is 11.4. The third kappa shape index (κ3) is 3.12. The summed E-state index contributed by atoms with van der Waals surface area (Å²) in [6, 6.07) is 6.08. The highest BCUT2D eigenvalue weighted by molar-refractivity contribution is 9.10. The number of hydrogen-bond acceptors (Lipinski definition) is 3. The van der Waals surface area contributed by atoms with Crippen LogP contribution in [0.1, 0.15) is 31.2 Å². The van der Waals surface area contributed by atoms with Crippen LogP contribution in [0.25, 0.3) is 0 Å². The molecule has 1 saturated carbocycles. The summed E-state index contributed by atoms with van der Waals surface area (Å²) >= 11 is 3.51. The molecule has 1 aliphatic rings. The molecule has 1 aromatic rings. The minimum atomic E-state index is -0.285. The molecule has 1 aliphatic carbocycles. The highest BCUT2D eigenvalue weighted by Crippen LogP contribution is 2.39. The Morgan fingerprint density at radius 3 is 2.84 bits per heavy atom. The Morgan fingerprint density at radius 1 is 1.47 bits per heavy atom. The molecule has 0 aromatic heterocycles. The van der Waals surface area contributed by atoms with Gasteiger partial charge in [0.25, 0.3) is 0 Å². The van der Waals surface area contributed by atoms with E-state index < -0.39 is 0 Å². The molecule has 0 amide bonds. The van der Waals surface area contributed by atoms with Crippen LogP contribution >= 0.6 is 15.9 Å². The van der Waals surface area contributed by atoms with E-state index in [9.17, 15) is 5.11 Å². The summed E-state index contributed by atoms with van der Waals surface area (Å²) in [7, 11) is 1.66. The van der Waals surface area contributed by atoms with Crippen molar-refractivity contribution in [3.63, 3.8) is 0 Å². The molecule has 2 atom stereocenters. The van der Waals surface area contributed by atoms with Gasteiger partial charge in [0.05, 0.1) is 17.7 Å². The predicted octanol–water partition coefficient (Wildman–Crippen LogP) is 2.88. The molecule has 0 spiro atoms. The van der Waals surface area contributed by atoms with Crippen LogP contribution in [0, 0.1) is 5.41 Å². The van der Waals surface area contributed by atoms with E-state index in [1.54, 1.807) is 7.11 Å². The Labute approximate surface area is 123 Å². The first-order chi connectivity index (χ1) is 9.11. The van der Waals surface area contributed by atoms with Gasteiger partial charge in [0.1, 0.15) is 5.75 Å². The van der Waals surface area contributed by atoms with Crippen LogP contribution in [0.3, 0.4) is 0 Å². The molecule has 3 nitrogen and oxygen atoms in total. The van der Waals surface area contributed by atoms with Crippen LogP contribution in [0.5, 0.6) is 5.75 Å². The van der Waals surface area contributed by atoms with Crippen LogP contribution < -0.4 is 10.5 Å². The number of aliphatic hydroxyl groups is 1. The molecular weight excluding hydrogens is 306 g/mol. The molecule has 0 heterocycles. The van der Waals surface area contributed by atoms with Crippen LogP contribution in [0.15, 0.2) is 22.7 Å². The molecular formula is C15H22BrNO2. The van der Waals surface area contributed by atoms with Gasteiger partial charge in [-0.25, -0.2) is 0 Å². The number of nitrogens with two attached hydrogens (primary N) is 1. The number of hydrogen-bond donors (Lipinski definition) is 2. The van der Waals surface area contributed by atoms with Crippen LogP contribution in [0.4, 0.5) is 0 Å². The Bertz CT molecular complexity index is 438. The Morgan fingerprint density at radius 2 is 2.26 bits per heavy atom. The average Bonchev–Trinajstić information content (AvgIpc) is 2.42. The SMILES string of the molecule is COc1ccc(CC2(CN)CCCCC2O)cc1Br. The maximum atomic E-state index is 10.3. The van der Waals surface area contributed by atoms with Gasteiger partial charge in [0, 0.05) is 12.0 Å². The van der Waals surface area contributed by atoms with Crippen molar-refractivity contribution in [1.29, 1.82) is 0 Å². The molecule has 19 heavy (non-hydrogen) atoms. The first kappa shape index (κ1) is 14.8. The number of benzene rings is 1. The monoisotopic (exact) mass is 327 g/mol. The van der Waals surface area contributed by atoms with Gasteiger partial charge in [0.2, 0.25) is 0 Å². The lowest BCUT2D eigenvalue weighted by atomic mass is 9.68. The number of methoxy groups -OCH3 is 1. The number of aliphatic hydroxyl groups excluding tert-OH is 1. The molecule has 3 N–H and O–H groups in total. The van der Waals surface area contributed by atoms with E-state index in [0.29, 0.717) is 6.54 Å². The van der Waals surface area contributed by atoms with E-state index >= 15 is 0 Å². The van der Waals surface area contributed by atoms with Crippen molar-refractivity contribution >= 4 is 15.9 Å². The quantitative estimate of drug-likeness (QED) is 0.894. The number of rotatable bonds is 4. The molecule has 106 valence electrons. The third-order valence-corrected chi connectivity index (χ3v) is 4.91. The lowest BCUT2D eigenvalue weighted by Crippen LogP contribution is -2.45. The summed E-state index contributed by atoms with van der Waals surface area (Å²) in [5.41, 5.74) is 7.01. The van der Waals surface area contributed by atoms with E-state index in [1.165, 1.54) is 5.56 Å². The van der Waals surface area contributed by atoms with Crippen molar-refractivity contribution < 1.29 is 9.84 Å². The van der Waals surface area contributed by atoms with Gasteiger partial charge in [-0.1, -0.05) is 18.9 Å². The fourth-order valence-corrected chi connectivity index (χ4v) is 3.62. The minimum Gasteiger partial charge on any atom is -0.496 e. The highest BCUT2D eigenvalue weighted by Gasteiger charge is 2.38. The van der Waals surface area contributed by atoms with Gasteiger partial charge in [-0.3, -0.25) is 0 Å². The van der Waals surface area contributed by atoms with Gasteiger partial charge in [-0.2, -0.15) is 0 Å². The molecule has 2 rings (SSSR count). The van der Waals surface area contributed by atoms with E-state index in [4.69, 9.17) is 10.5 Å². The van der Waals surface area contributed by atoms with Crippen LogP contribution in [-0.4, -0.2) is 24.9 Å². The van der Waals surface area contributed by atoms with Crippen molar-refractivity contribution in [2.24, 2.45) is 11.1 Å². The molecule has 4 heteroatoms. The summed E-state index contributed by atoms with van der Waals surface area (Å²) in [4.78, 5) is 0. The average molecular weight is 328 g/mol. The largest absolute Gasteiger partial charge is 0.496 e. The van der Waals surface area contributed by atoms with Crippen LogP contribution in [0.2, 0.25) is 0 Å². The van der Waals surface area contributed by atoms with Gasteiger partial charge in [0.15, 0.2) is 0 Å². The van der Waals surface area contributed by atoms with E-state index in [1.807, 2.05) is 6.07 Å². The van der Waals surface area contributed by atoms with Gasteiger partial charge >= 0.3 is 0 Å². The van der Waals surface area contributed by atoms with Crippen LogP contribution in [-0.2, 0) is 6.42 Å². The van der Waals surface area contributed by atoms with E-state index in [2.05, 4.69) is 28.1 Å². The lowest BCUT2D eigenvalue weighted by molar-refractivity contribution is -0.00586.